The number of anilines is 1. The minimum atomic E-state index is -0.164. The van der Waals surface area contributed by atoms with E-state index in [1.165, 1.54) is 0 Å². The number of nitrogens with zero attached hydrogens (tertiary/aromatic N) is 3. The number of benzene rings is 2. The largest absolute Gasteiger partial charge is 0.495 e. The van der Waals surface area contributed by atoms with Crippen LogP contribution in [0.2, 0.25) is 5.02 Å². The average molecular weight is 461 g/mol. The number of nitrogens with one attached hydrogen (secondary N) is 1. The molecular formula is C25H21ClN4OS. The number of methoxy groups -OCH3 is 1. The summed E-state index contributed by atoms with van der Waals surface area (Å²) in [6.45, 7) is 0. The molecule has 0 unspecified atom stereocenters. The van der Waals surface area contributed by atoms with Gasteiger partial charge in [-0.1, -0.05) is 35.9 Å². The number of aromatic nitrogens is 2. The van der Waals surface area contributed by atoms with E-state index in [9.17, 15) is 0 Å². The van der Waals surface area contributed by atoms with Crippen molar-refractivity contribution in [2.24, 2.45) is 0 Å². The van der Waals surface area contributed by atoms with Crippen molar-refractivity contribution < 1.29 is 4.74 Å². The molecule has 2 atom stereocenters. The molecular weight excluding hydrogens is 440 g/mol. The van der Waals surface area contributed by atoms with Gasteiger partial charge in [0.05, 0.1) is 24.5 Å². The molecule has 0 amide bonds. The van der Waals surface area contributed by atoms with Crippen LogP contribution < -0.4 is 15.0 Å². The van der Waals surface area contributed by atoms with Gasteiger partial charge in [-0.15, -0.1) is 0 Å². The minimum absolute atomic E-state index is 0.151. The van der Waals surface area contributed by atoms with Gasteiger partial charge in [0.25, 0.3) is 0 Å². The van der Waals surface area contributed by atoms with E-state index in [0.717, 1.165) is 28.5 Å². The predicted molar refractivity (Wildman–Crippen MR) is 132 cm³/mol. The molecule has 0 aliphatic carbocycles. The highest BCUT2D eigenvalue weighted by Gasteiger charge is 2.43. The summed E-state index contributed by atoms with van der Waals surface area (Å²) in [6.07, 6.45) is 3.84. The highest BCUT2D eigenvalue weighted by atomic mass is 35.5. The molecule has 1 N–H and O–H groups in total. The molecule has 160 valence electrons. The molecule has 0 bridgehead atoms. The molecule has 7 heteroatoms. The van der Waals surface area contributed by atoms with Crippen LogP contribution in [0.5, 0.6) is 5.75 Å². The van der Waals surface area contributed by atoms with Crippen LogP contribution in [-0.4, -0.2) is 21.8 Å². The monoisotopic (exact) mass is 460 g/mol. The summed E-state index contributed by atoms with van der Waals surface area (Å²) in [4.78, 5) is 6.75. The summed E-state index contributed by atoms with van der Waals surface area (Å²) < 4.78 is 7.82. The summed E-state index contributed by atoms with van der Waals surface area (Å²) >= 11 is 12.1. The van der Waals surface area contributed by atoms with Crippen LogP contribution in [0, 0.1) is 0 Å². The van der Waals surface area contributed by atoms with Crippen molar-refractivity contribution in [1.29, 1.82) is 0 Å². The zero-order valence-corrected chi connectivity index (χ0v) is 18.9. The molecule has 5 nitrogen and oxygen atoms in total. The first-order valence-electron chi connectivity index (χ1n) is 10.2. The van der Waals surface area contributed by atoms with Crippen LogP contribution in [0.15, 0.2) is 91.3 Å². The van der Waals surface area contributed by atoms with Crippen LogP contribution >= 0.6 is 23.8 Å². The zero-order valence-electron chi connectivity index (χ0n) is 17.4. The van der Waals surface area contributed by atoms with Crippen LogP contribution in [-0.2, 0) is 0 Å². The summed E-state index contributed by atoms with van der Waals surface area (Å²) in [5, 5.41) is 4.80. The lowest BCUT2D eigenvalue weighted by atomic mass is 10.0. The van der Waals surface area contributed by atoms with Gasteiger partial charge in [-0.25, -0.2) is 0 Å². The van der Waals surface area contributed by atoms with Crippen LogP contribution in [0.1, 0.15) is 23.5 Å². The number of pyridine rings is 1. The first-order valence-corrected chi connectivity index (χ1v) is 11.0. The predicted octanol–water partition coefficient (Wildman–Crippen LogP) is 5.71. The molecule has 1 saturated heterocycles. The van der Waals surface area contributed by atoms with Gasteiger partial charge < -0.3 is 19.5 Å². The number of ether oxygens (including phenoxy) is 1. The van der Waals surface area contributed by atoms with Gasteiger partial charge in [-0.05, 0) is 66.8 Å². The van der Waals surface area contributed by atoms with E-state index in [1.54, 1.807) is 13.3 Å². The normalized spacial score (nSPS) is 17.9. The highest BCUT2D eigenvalue weighted by molar-refractivity contribution is 7.80. The van der Waals surface area contributed by atoms with E-state index in [4.69, 9.17) is 28.6 Å². The van der Waals surface area contributed by atoms with Crippen molar-refractivity contribution in [2.75, 3.05) is 12.0 Å². The molecule has 1 aliphatic heterocycles. The minimum Gasteiger partial charge on any atom is -0.495 e. The number of para-hydroxylation sites is 2. The van der Waals surface area contributed by atoms with Crippen molar-refractivity contribution in [2.45, 2.75) is 12.1 Å². The maximum absolute atomic E-state index is 6.30. The summed E-state index contributed by atoms with van der Waals surface area (Å²) in [7, 11) is 1.67. The van der Waals surface area contributed by atoms with Gasteiger partial charge in [0.2, 0.25) is 0 Å². The average Bonchev–Trinajstić information content (AvgIpc) is 3.44. The van der Waals surface area contributed by atoms with E-state index in [0.29, 0.717) is 10.1 Å². The molecule has 2 aromatic carbocycles. The van der Waals surface area contributed by atoms with Crippen molar-refractivity contribution in [3.63, 3.8) is 0 Å². The van der Waals surface area contributed by atoms with Crippen molar-refractivity contribution in [1.82, 2.24) is 14.9 Å². The van der Waals surface area contributed by atoms with Crippen LogP contribution in [0.3, 0.4) is 0 Å². The molecule has 5 rings (SSSR count). The van der Waals surface area contributed by atoms with Gasteiger partial charge >= 0.3 is 0 Å². The Kier molecular flexibility index (Phi) is 5.55. The zero-order chi connectivity index (χ0) is 22.1. The Labute approximate surface area is 197 Å². The maximum Gasteiger partial charge on any atom is 0.174 e. The molecule has 1 fully saturated rings. The number of hydrogen-bond acceptors (Lipinski definition) is 3. The molecule has 32 heavy (non-hydrogen) atoms. The highest BCUT2D eigenvalue weighted by Crippen LogP contribution is 2.44. The first-order chi connectivity index (χ1) is 15.7. The lowest BCUT2D eigenvalue weighted by Gasteiger charge is -2.30. The van der Waals surface area contributed by atoms with Crippen LogP contribution in [0.4, 0.5) is 5.69 Å². The van der Waals surface area contributed by atoms with E-state index in [-0.39, 0.29) is 12.1 Å². The van der Waals surface area contributed by atoms with Gasteiger partial charge in [0.15, 0.2) is 5.11 Å². The third kappa shape index (κ3) is 3.61. The Morgan fingerprint density at radius 3 is 2.62 bits per heavy atom. The quantitative estimate of drug-likeness (QED) is 0.386. The van der Waals surface area contributed by atoms with Crippen molar-refractivity contribution >= 4 is 34.6 Å². The Morgan fingerprint density at radius 2 is 1.84 bits per heavy atom. The molecule has 3 heterocycles. The number of rotatable bonds is 5. The van der Waals surface area contributed by atoms with Gasteiger partial charge in [0.1, 0.15) is 11.8 Å². The van der Waals surface area contributed by atoms with Crippen LogP contribution in [0.25, 0.3) is 5.69 Å². The molecule has 1 aliphatic rings. The summed E-state index contributed by atoms with van der Waals surface area (Å²) in [5.74, 6) is 0.754. The number of halogens is 1. The molecule has 0 radical (unpaired) electrons. The Morgan fingerprint density at radius 1 is 1.00 bits per heavy atom. The second-order valence-corrected chi connectivity index (χ2v) is 8.27. The Bertz CT molecular complexity index is 1260. The van der Waals surface area contributed by atoms with Gasteiger partial charge in [0, 0.05) is 28.8 Å². The fourth-order valence-corrected chi connectivity index (χ4v) is 4.76. The van der Waals surface area contributed by atoms with E-state index in [1.807, 2.05) is 79.0 Å². The lowest BCUT2D eigenvalue weighted by Crippen LogP contribution is -2.30. The third-order valence-electron chi connectivity index (χ3n) is 5.61. The summed E-state index contributed by atoms with van der Waals surface area (Å²) in [5.41, 5.74) is 3.85. The SMILES string of the molecule is COc1ccccc1N1C(=S)N[C@@H](c2ccccn2)[C@@H]1c1cccn1-c1cccc(Cl)c1. The van der Waals surface area contributed by atoms with Crippen molar-refractivity contribution in [3.8, 4) is 11.4 Å². The topological polar surface area (TPSA) is 42.3 Å². The number of hydrogen-bond donors (Lipinski definition) is 1. The first kappa shape index (κ1) is 20.5. The fraction of sp³-hybridized carbons (Fsp3) is 0.120. The summed E-state index contributed by atoms with van der Waals surface area (Å²) in [6, 6.07) is 25.5. The Balaban J connectivity index is 1.70. The fourth-order valence-electron chi connectivity index (χ4n) is 4.24. The van der Waals surface area contributed by atoms with Gasteiger partial charge in [-0.2, -0.15) is 0 Å². The lowest BCUT2D eigenvalue weighted by molar-refractivity contribution is 0.414. The standard InChI is InChI=1S/C25H21ClN4OS/c1-31-22-13-3-2-11-20(22)30-24(23(28-25(30)32)19-10-4-5-14-27-19)21-12-7-15-29(21)18-9-6-8-17(26)16-18/h2-16,23-24H,1H3,(H,28,32)/t23-,24-/m0/s1. The molecule has 0 saturated carbocycles. The Hall–Kier alpha value is -3.35. The van der Waals surface area contributed by atoms with Gasteiger partial charge in [-0.3, -0.25) is 4.98 Å². The smallest absolute Gasteiger partial charge is 0.174 e. The van der Waals surface area contributed by atoms with Crippen molar-refractivity contribution in [3.05, 3.63) is 108 Å². The molecule has 2 aromatic heterocycles. The molecule has 0 spiro atoms. The maximum atomic E-state index is 6.30. The number of thiocarbonyl (C=S) groups is 1. The van der Waals surface area contributed by atoms with E-state index < -0.39 is 0 Å². The second-order valence-electron chi connectivity index (χ2n) is 7.45. The molecule has 4 aromatic rings. The van der Waals surface area contributed by atoms with E-state index >= 15 is 0 Å². The second kappa shape index (κ2) is 8.65. The van der Waals surface area contributed by atoms with E-state index in [2.05, 4.69) is 25.8 Å². The third-order valence-corrected chi connectivity index (χ3v) is 6.16.